The lowest BCUT2D eigenvalue weighted by Crippen LogP contribution is -2.14. The van der Waals surface area contributed by atoms with E-state index in [4.69, 9.17) is 4.74 Å². The summed E-state index contributed by atoms with van der Waals surface area (Å²) in [6.45, 7) is 0.921. The van der Waals surface area contributed by atoms with Gasteiger partial charge in [0.1, 0.15) is 0 Å². The maximum atomic E-state index is 12.4. The van der Waals surface area contributed by atoms with Crippen LogP contribution in [0.3, 0.4) is 0 Å². The van der Waals surface area contributed by atoms with Crippen LogP contribution in [0.2, 0.25) is 0 Å². The van der Waals surface area contributed by atoms with Crippen LogP contribution in [0.1, 0.15) is 11.3 Å². The van der Waals surface area contributed by atoms with Gasteiger partial charge < -0.3 is 9.47 Å². The minimum absolute atomic E-state index is 0.152. The fourth-order valence-corrected chi connectivity index (χ4v) is 1.07. The van der Waals surface area contributed by atoms with Crippen LogP contribution >= 0.6 is 0 Å². The number of aromatic nitrogens is 1. The van der Waals surface area contributed by atoms with Crippen molar-refractivity contribution >= 4 is 5.97 Å². The van der Waals surface area contributed by atoms with E-state index in [0.717, 1.165) is 19.2 Å². The maximum absolute atomic E-state index is 12.4. The Bertz CT molecular complexity index is 418. The van der Waals surface area contributed by atoms with Crippen molar-refractivity contribution in [2.75, 3.05) is 13.7 Å². The van der Waals surface area contributed by atoms with Gasteiger partial charge in [-0.1, -0.05) is 0 Å². The van der Waals surface area contributed by atoms with E-state index >= 15 is 0 Å². The molecule has 0 saturated heterocycles. The first-order valence-corrected chi connectivity index (χ1v) is 4.58. The zero-order chi connectivity index (χ0) is 13.1. The molecule has 1 rings (SSSR count). The molecule has 0 unspecified atom stereocenters. The molecule has 0 aromatic carbocycles. The molecular formula is C10H10F3NO3. The van der Waals surface area contributed by atoms with Crippen molar-refractivity contribution < 1.29 is 27.4 Å². The molecular weight excluding hydrogens is 239 g/mol. The quantitative estimate of drug-likeness (QED) is 0.768. The Balaban J connectivity index is 2.87. The third-order valence-electron chi connectivity index (χ3n) is 1.82. The molecule has 94 valence electrons. The number of alkyl halides is 3. The number of rotatable bonds is 3. The number of carbonyl (C=O) groups is 1. The van der Waals surface area contributed by atoms with Crippen LogP contribution in [-0.2, 0) is 15.7 Å². The fraction of sp³-hybridized carbons (Fsp3) is 0.400. The number of methoxy groups -OCH3 is 1. The third kappa shape index (κ3) is 3.93. The van der Waals surface area contributed by atoms with Crippen LogP contribution in [0, 0.1) is 6.92 Å². The van der Waals surface area contributed by atoms with Gasteiger partial charge in [0.15, 0.2) is 6.61 Å². The summed E-state index contributed by atoms with van der Waals surface area (Å²) in [5.41, 5.74) is -0.718. The van der Waals surface area contributed by atoms with Crippen LogP contribution in [0.4, 0.5) is 13.2 Å². The Morgan fingerprint density at radius 1 is 1.41 bits per heavy atom. The summed E-state index contributed by atoms with van der Waals surface area (Å²) < 4.78 is 46.4. The summed E-state index contributed by atoms with van der Waals surface area (Å²) in [6, 6.07) is 1.63. The average Bonchev–Trinajstić information content (AvgIpc) is 2.24. The normalized spacial score (nSPS) is 11.1. The fourth-order valence-electron chi connectivity index (χ4n) is 1.07. The first-order valence-electron chi connectivity index (χ1n) is 4.58. The molecule has 0 saturated carbocycles. The van der Waals surface area contributed by atoms with Crippen LogP contribution < -0.4 is 4.74 Å². The van der Waals surface area contributed by atoms with Crippen LogP contribution in [-0.4, -0.2) is 24.7 Å². The number of nitrogens with zero attached hydrogens (tertiary/aromatic N) is 1. The van der Waals surface area contributed by atoms with Gasteiger partial charge in [0, 0.05) is 11.8 Å². The molecule has 4 nitrogen and oxygen atoms in total. The van der Waals surface area contributed by atoms with E-state index in [-0.39, 0.29) is 11.6 Å². The lowest BCUT2D eigenvalue weighted by Gasteiger charge is -2.10. The Hall–Kier alpha value is -1.79. The number of esters is 1. The van der Waals surface area contributed by atoms with Gasteiger partial charge in [0.05, 0.1) is 12.7 Å². The molecule has 0 amide bonds. The topological polar surface area (TPSA) is 48.4 Å². The molecule has 17 heavy (non-hydrogen) atoms. The first kappa shape index (κ1) is 13.3. The second-order valence-corrected chi connectivity index (χ2v) is 3.20. The van der Waals surface area contributed by atoms with Crippen LogP contribution in [0.15, 0.2) is 12.1 Å². The van der Waals surface area contributed by atoms with E-state index in [1.165, 1.54) is 6.92 Å². The monoisotopic (exact) mass is 249 g/mol. The summed E-state index contributed by atoms with van der Waals surface area (Å²) in [7, 11) is 1.15. The highest BCUT2D eigenvalue weighted by Gasteiger charge is 2.31. The molecule has 0 atom stereocenters. The third-order valence-corrected chi connectivity index (χ3v) is 1.82. The van der Waals surface area contributed by atoms with Crippen LogP contribution in [0.25, 0.3) is 0 Å². The van der Waals surface area contributed by atoms with Gasteiger partial charge >= 0.3 is 12.1 Å². The molecule has 0 spiro atoms. The summed E-state index contributed by atoms with van der Waals surface area (Å²) >= 11 is 0. The molecule has 0 radical (unpaired) electrons. The number of ether oxygens (including phenoxy) is 2. The van der Waals surface area contributed by atoms with E-state index in [1.807, 2.05) is 0 Å². The van der Waals surface area contributed by atoms with Crippen molar-refractivity contribution in [2.45, 2.75) is 13.1 Å². The lowest BCUT2D eigenvalue weighted by atomic mass is 10.2. The maximum Gasteiger partial charge on any atom is 0.416 e. The van der Waals surface area contributed by atoms with E-state index < -0.39 is 24.3 Å². The Morgan fingerprint density at radius 3 is 2.59 bits per heavy atom. The Kier molecular flexibility index (Phi) is 3.93. The van der Waals surface area contributed by atoms with Gasteiger partial charge in [-0.2, -0.15) is 13.2 Å². The number of aryl methyl sites for hydroxylation is 1. The molecule has 0 aliphatic carbocycles. The molecule has 7 heteroatoms. The van der Waals surface area contributed by atoms with Gasteiger partial charge in [-0.3, -0.25) is 0 Å². The number of pyridine rings is 1. The highest BCUT2D eigenvalue weighted by Crippen LogP contribution is 2.31. The molecule has 0 aliphatic rings. The molecule has 0 N–H and O–H groups in total. The molecule has 0 fully saturated rings. The zero-order valence-electron chi connectivity index (χ0n) is 9.17. The predicted octanol–water partition coefficient (Wildman–Crippen LogP) is 1.96. The summed E-state index contributed by atoms with van der Waals surface area (Å²) in [5, 5.41) is 0. The second-order valence-electron chi connectivity index (χ2n) is 3.20. The zero-order valence-corrected chi connectivity index (χ0v) is 9.17. The van der Waals surface area contributed by atoms with Gasteiger partial charge in [0.25, 0.3) is 0 Å². The molecule has 1 aromatic heterocycles. The van der Waals surface area contributed by atoms with E-state index in [9.17, 15) is 18.0 Å². The van der Waals surface area contributed by atoms with Crippen molar-refractivity contribution in [2.24, 2.45) is 0 Å². The summed E-state index contributed by atoms with van der Waals surface area (Å²) in [4.78, 5) is 14.5. The largest absolute Gasteiger partial charge is 0.466 e. The Morgan fingerprint density at radius 2 is 2.06 bits per heavy atom. The number of hydrogen-bond donors (Lipinski definition) is 0. The van der Waals surface area contributed by atoms with Crippen molar-refractivity contribution in [1.29, 1.82) is 0 Å². The van der Waals surface area contributed by atoms with Crippen LogP contribution in [0.5, 0.6) is 5.88 Å². The SMILES string of the molecule is COC(=O)COc1cc(C(F)(F)F)cc(C)n1. The first-order chi connectivity index (χ1) is 7.82. The Labute approximate surface area is 95.4 Å². The standard InChI is InChI=1S/C10H10F3NO3/c1-6-3-7(10(11,12)13)4-8(14-6)17-5-9(15)16-2/h3-4H,5H2,1-2H3. The van der Waals surface area contributed by atoms with Gasteiger partial charge in [-0.25, -0.2) is 9.78 Å². The van der Waals surface area contributed by atoms with Crippen molar-refractivity contribution in [3.8, 4) is 5.88 Å². The number of carbonyl (C=O) groups excluding carboxylic acids is 1. The molecule has 0 bridgehead atoms. The van der Waals surface area contributed by atoms with Gasteiger partial charge in [-0.05, 0) is 13.0 Å². The molecule has 1 aromatic rings. The second kappa shape index (κ2) is 5.03. The molecule has 0 aliphatic heterocycles. The summed E-state index contributed by atoms with van der Waals surface area (Å²) in [5.74, 6) is -0.954. The van der Waals surface area contributed by atoms with E-state index in [2.05, 4.69) is 9.72 Å². The molecule has 1 heterocycles. The average molecular weight is 249 g/mol. The highest BCUT2D eigenvalue weighted by molar-refractivity contribution is 5.70. The highest BCUT2D eigenvalue weighted by atomic mass is 19.4. The number of halogens is 3. The number of hydrogen-bond acceptors (Lipinski definition) is 4. The van der Waals surface area contributed by atoms with Crippen molar-refractivity contribution in [1.82, 2.24) is 4.98 Å². The van der Waals surface area contributed by atoms with Gasteiger partial charge in [-0.15, -0.1) is 0 Å². The smallest absolute Gasteiger partial charge is 0.416 e. The predicted molar refractivity (Wildman–Crippen MR) is 51.5 cm³/mol. The van der Waals surface area contributed by atoms with Crippen molar-refractivity contribution in [3.05, 3.63) is 23.4 Å². The van der Waals surface area contributed by atoms with Gasteiger partial charge in [0.2, 0.25) is 5.88 Å². The van der Waals surface area contributed by atoms with Crippen molar-refractivity contribution in [3.63, 3.8) is 0 Å². The minimum Gasteiger partial charge on any atom is -0.466 e. The van der Waals surface area contributed by atoms with E-state index in [1.54, 1.807) is 0 Å². The lowest BCUT2D eigenvalue weighted by molar-refractivity contribution is -0.143. The van der Waals surface area contributed by atoms with E-state index in [0.29, 0.717) is 0 Å². The summed E-state index contributed by atoms with van der Waals surface area (Å²) in [6.07, 6.45) is -4.48. The minimum atomic E-state index is -4.48.